The quantitative estimate of drug-likeness (QED) is 0.718. The van der Waals surface area contributed by atoms with E-state index in [0.717, 1.165) is 12.8 Å². The van der Waals surface area contributed by atoms with Gasteiger partial charge in [0.2, 0.25) is 5.91 Å². The second-order valence-corrected chi connectivity index (χ2v) is 6.16. The third kappa shape index (κ3) is 2.50. The molecule has 7 nitrogen and oxygen atoms in total. The highest BCUT2D eigenvalue weighted by Gasteiger charge is 2.49. The van der Waals surface area contributed by atoms with E-state index in [9.17, 15) is 9.59 Å². The number of H-pyrrole nitrogens is 1. The van der Waals surface area contributed by atoms with E-state index in [4.69, 9.17) is 9.47 Å². The number of nitrogens with one attached hydrogen (secondary N) is 3. The molecule has 7 heteroatoms. The Balaban J connectivity index is 1.35. The van der Waals surface area contributed by atoms with Crippen molar-refractivity contribution in [2.75, 3.05) is 13.2 Å². The summed E-state index contributed by atoms with van der Waals surface area (Å²) in [5.74, 6) is 0.117. The summed E-state index contributed by atoms with van der Waals surface area (Å²) in [6, 6.07) is 1.42. The topological polar surface area (TPSA) is 92.4 Å². The number of ether oxygens (including phenoxy) is 2. The minimum absolute atomic E-state index is 0.0951. The number of carbonyl (C=O) groups excluding carboxylic acids is 2. The number of aromatic nitrogens is 1. The minimum Gasteiger partial charge on any atom is -0.371 e. The highest BCUT2D eigenvalue weighted by Crippen LogP contribution is 2.31. The van der Waals surface area contributed by atoms with Crippen LogP contribution in [0.4, 0.5) is 0 Å². The van der Waals surface area contributed by atoms with Gasteiger partial charge < -0.3 is 25.1 Å². The first-order valence-corrected chi connectivity index (χ1v) is 7.69. The molecule has 118 valence electrons. The molecule has 0 bridgehead atoms. The van der Waals surface area contributed by atoms with Crippen LogP contribution in [0, 0.1) is 5.92 Å². The van der Waals surface area contributed by atoms with Gasteiger partial charge in [0.1, 0.15) is 12.2 Å². The maximum absolute atomic E-state index is 12.1. The van der Waals surface area contributed by atoms with E-state index >= 15 is 0 Å². The molecular formula is C15H19N3O4. The standard InChI is InChI=1S/C15H19N3O4/c19-14(8-1-2-8)17-10-6-21-13-11(7-22-12(10)13)18-15(20)9-3-4-16-5-9/h3-5,8,10-13,16H,1-2,6-7H2,(H,17,19)(H,18,20)/t10-,11-,12+,13+/m0/s1. The van der Waals surface area contributed by atoms with E-state index in [0.29, 0.717) is 18.8 Å². The van der Waals surface area contributed by atoms with Crippen molar-refractivity contribution < 1.29 is 19.1 Å². The molecule has 2 saturated heterocycles. The zero-order chi connectivity index (χ0) is 15.1. The maximum Gasteiger partial charge on any atom is 0.253 e. The molecule has 3 fully saturated rings. The molecule has 4 atom stereocenters. The average molecular weight is 305 g/mol. The fourth-order valence-corrected chi connectivity index (χ4v) is 3.11. The molecule has 0 aromatic carbocycles. The van der Waals surface area contributed by atoms with Gasteiger partial charge in [0.25, 0.3) is 5.91 Å². The number of aromatic amines is 1. The number of carbonyl (C=O) groups is 2. The summed E-state index contributed by atoms with van der Waals surface area (Å²) in [4.78, 5) is 26.8. The van der Waals surface area contributed by atoms with Gasteiger partial charge in [-0.1, -0.05) is 0 Å². The van der Waals surface area contributed by atoms with Gasteiger partial charge in [-0.3, -0.25) is 9.59 Å². The zero-order valence-electron chi connectivity index (χ0n) is 12.1. The van der Waals surface area contributed by atoms with Crippen LogP contribution in [0.2, 0.25) is 0 Å². The molecule has 2 aliphatic heterocycles. The second kappa shape index (κ2) is 5.40. The lowest BCUT2D eigenvalue weighted by Crippen LogP contribution is -2.47. The molecule has 3 N–H and O–H groups in total. The summed E-state index contributed by atoms with van der Waals surface area (Å²) in [7, 11) is 0. The van der Waals surface area contributed by atoms with Crippen molar-refractivity contribution in [2.45, 2.75) is 37.1 Å². The molecule has 0 unspecified atom stereocenters. The smallest absolute Gasteiger partial charge is 0.253 e. The lowest BCUT2D eigenvalue weighted by atomic mass is 10.1. The van der Waals surface area contributed by atoms with Crippen LogP contribution in [0.25, 0.3) is 0 Å². The van der Waals surface area contributed by atoms with Gasteiger partial charge in [-0.05, 0) is 18.9 Å². The predicted molar refractivity (Wildman–Crippen MR) is 76.2 cm³/mol. The number of hydrogen-bond acceptors (Lipinski definition) is 4. The van der Waals surface area contributed by atoms with E-state index in [1.807, 2.05) is 0 Å². The Bertz CT molecular complexity index is 569. The van der Waals surface area contributed by atoms with Crippen LogP contribution < -0.4 is 10.6 Å². The monoisotopic (exact) mass is 305 g/mol. The van der Waals surface area contributed by atoms with Crippen molar-refractivity contribution in [2.24, 2.45) is 5.92 Å². The molecule has 22 heavy (non-hydrogen) atoms. The first-order valence-electron chi connectivity index (χ1n) is 7.69. The van der Waals surface area contributed by atoms with Gasteiger partial charge in [-0.25, -0.2) is 0 Å². The molecular weight excluding hydrogens is 286 g/mol. The molecule has 3 aliphatic rings. The highest BCUT2D eigenvalue weighted by atomic mass is 16.6. The molecule has 2 amide bonds. The third-order valence-corrected chi connectivity index (χ3v) is 4.51. The van der Waals surface area contributed by atoms with Gasteiger partial charge in [-0.15, -0.1) is 0 Å². The zero-order valence-corrected chi connectivity index (χ0v) is 12.1. The Kier molecular flexibility index (Phi) is 3.38. The van der Waals surface area contributed by atoms with Gasteiger partial charge in [-0.2, -0.15) is 0 Å². The summed E-state index contributed by atoms with van der Waals surface area (Å²) in [5.41, 5.74) is 0.583. The molecule has 0 spiro atoms. The van der Waals surface area contributed by atoms with E-state index in [-0.39, 0.29) is 42.0 Å². The van der Waals surface area contributed by atoms with E-state index in [1.54, 1.807) is 18.5 Å². The Morgan fingerprint density at radius 2 is 1.77 bits per heavy atom. The lowest BCUT2D eigenvalue weighted by Gasteiger charge is -2.18. The fourth-order valence-electron chi connectivity index (χ4n) is 3.11. The minimum atomic E-state index is -0.201. The molecule has 1 saturated carbocycles. The Morgan fingerprint density at radius 1 is 1.09 bits per heavy atom. The summed E-state index contributed by atoms with van der Waals surface area (Å²) in [6.07, 6.45) is 4.93. The summed E-state index contributed by atoms with van der Waals surface area (Å²) in [5, 5.41) is 5.95. The lowest BCUT2D eigenvalue weighted by molar-refractivity contribution is -0.123. The molecule has 1 aliphatic carbocycles. The van der Waals surface area contributed by atoms with Crippen LogP contribution in [0.1, 0.15) is 23.2 Å². The predicted octanol–water partition coefficient (Wildman–Crippen LogP) is -0.194. The maximum atomic E-state index is 12.1. The van der Waals surface area contributed by atoms with Crippen LogP contribution in [-0.2, 0) is 14.3 Å². The molecule has 1 aromatic rings. The number of amides is 2. The van der Waals surface area contributed by atoms with Gasteiger partial charge in [0, 0.05) is 18.3 Å². The highest BCUT2D eigenvalue weighted by molar-refractivity contribution is 5.94. The SMILES string of the molecule is O=C(N[C@H]1CO[C@H]2[C@@H]1OC[C@@H]2NC(=O)C1CC1)c1cc[nH]c1. The van der Waals surface area contributed by atoms with Crippen molar-refractivity contribution >= 4 is 11.8 Å². The number of rotatable bonds is 4. The Labute approximate surface area is 127 Å². The van der Waals surface area contributed by atoms with Crippen LogP contribution in [-0.4, -0.2) is 54.3 Å². The van der Waals surface area contributed by atoms with E-state index < -0.39 is 0 Å². The Morgan fingerprint density at radius 3 is 2.36 bits per heavy atom. The summed E-state index contributed by atoms with van der Waals surface area (Å²) < 4.78 is 11.5. The van der Waals surface area contributed by atoms with Crippen molar-refractivity contribution in [3.63, 3.8) is 0 Å². The van der Waals surface area contributed by atoms with Gasteiger partial charge in [0.05, 0.1) is 30.9 Å². The van der Waals surface area contributed by atoms with E-state index in [2.05, 4.69) is 15.6 Å². The van der Waals surface area contributed by atoms with Crippen molar-refractivity contribution in [1.82, 2.24) is 15.6 Å². The largest absolute Gasteiger partial charge is 0.371 e. The van der Waals surface area contributed by atoms with Crippen LogP contribution in [0.15, 0.2) is 18.5 Å². The molecule has 1 aromatic heterocycles. The number of hydrogen-bond donors (Lipinski definition) is 3. The van der Waals surface area contributed by atoms with Crippen molar-refractivity contribution in [1.29, 1.82) is 0 Å². The summed E-state index contributed by atoms with van der Waals surface area (Å²) >= 11 is 0. The summed E-state index contributed by atoms with van der Waals surface area (Å²) in [6.45, 7) is 0.839. The Hall–Kier alpha value is -1.86. The van der Waals surface area contributed by atoms with Crippen LogP contribution in [0.5, 0.6) is 0 Å². The molecule has 3 heterocycles. The van der Waals surface area contributed by atoms with E-state index in [1.165, 1.54) is 0 Å². The molecule has 4 rings (SSSR count). The first-order chi connectivity index (χ1) is 10.7. The van der Waals surface area contributed by atoms with Gasteiger partial charge in [0.15, 0.2) is 0 Å². The second-order valence-electron chi connectivity index (χ2n) is 6.16. The fraction of sp³-hybridized carbons (Fsp3) is 0.600. The van der Waals surface area contributed by atoms with Crippen molar-refractivity contribution in [3.8, 4) is 0 Å². The van der Waals surface area contributed by atoms with Crippen molar-refractivity contribution in [3.05, 3.63) is 24.0 Å². The first kappa shape index (κ1) is 13.8. The molecule has 0 radical (unpaired) electrons. The number of fused-ring (bicyclic) bond motifs is 1. The van der Waals surface area contributed by atoms with Gasteiger partial charge >= 0.3 is 0 Å². The third-order valence-electron chi connectivity index (χ3n) is 4.51. The normalized spacial score (nSPS) is 33.5. The van der Waals surface area contributed by atoms with Crippen LogP contribution >= 0.6 is 0 Å². The van der Waals surface area contributed by atoms with Crippen LogP contribution in [0.3, 0.4) is 0 Å². The average Bonchev–Trinajstić information content (AvgIpc) is 2.93.